The van der Waals surface area contributed by atoms with E-state index in [0.29, 0.717) is 12.2 Å². The molecule has 0 aliphatic rings. The fourth-order valence-electron chi connectivity index (χ4n) is 3.32. The van der Waals surface area contributed by atoms with Crippen LogP contribution in [0.3, 0.4) is 0 Å². The van der Waals surface area contributed by atoms with Crippen molar-refractivity contribution in [3.8, 4) is 11.3 Å². The van der Waals surface area contributed by atoms with Gasteiger partial charge >= 0.3 is 5.97 Å². The highest BCUT2D eigenvalue weighted by atomic mass is 16.5. The van der Waals surface area contributed by atoms with Crippen molar-refractivity contribution >= 4 is 16.9 Å². The van der Waals surface area contributed by atoms with E-state index in [9.17, 15) is 4.79 Å². The molecule has 1 heterocycles. The Morgan fingerprint density at radius 2 is 1.70 bits per heavy atom. The Morgan fingerprint density at radius 3 is 2.41 bits per heavy atom. The van der Waals surface area contributed by atoms with E-state index in [2.05, 4.69) is 32.0 Å². The Balaban J connectivity index is 2.08. The lowest BCUT2D eigenvalue weighted by Crippen LogP contribution is -2.08. The number of fused-ring (bicyclic) bond motifs is 1. The van der Waals surface area contributed by atoms with Crippen LogP contribution >= 0.6 is 0 Å². The van der Waals surface area contributed by atoms with E-state index in [4.69, 9.17) is 9.72 Å². The fourth-order valence-corrected chi connectivity index (χ4v) is 3.32. The van der Waals surface area contributed by atoms with E-state index in [0.717, 1.165) is 52.5 Å². The lowest BCUT2D eigenvalue weighted by molar-refractivity contribution is 0.0500. The van der Waals surface area contributed by atoms with E-state index >= 15 is 0 Å². The molecule has 0 atom stereocenters. The number of aryl methyl sites for hydroxylation is 3. The molecule has 0 N–H and O–H groups in total. The zero-order valence-corrected chi connectivity index (χ0v) is 16.6. The lowest BCUT2D eigenvalue weighted by Gasteiger charge is -2.12. The van der Waals surface area contributed by atoms with Crippen molar-refractivity contribution in [2.24, 2.45) is 0 Å². The third-order valence-corrected chi connectivity index (χ3v) is 4.80. The van der Waals surface area contributed by atoms with Crippen LogP contribution in [-0.2, 0) is 4.74 Å². The van der Waals surface area contributed by atoms with Gasteiger partial charge in [0.25, 0.3) is 0 Å². The first-order valence-corrected chi connectivity index (χ1v) is 9.65. The number of pyridine rings is 1. The van der Waals surface area contributed by atoms with Gasteiger partial charge in [0.15, 0.2) is 0 Å². The van der Waals surface area contributed by atoms with Gasteiger partial charge in [0, 0.05) is 10.9 Å². The van der Waals surface area contributed by atoms with Gasteiger partial charge in [-0.15, -0.1) is 0 Å². The molecule has 0 saturated heterocycles. The van der Waals surface area contributed by atoms with Crippen molar-refractivity contribution in [3.05, 3.63) is 64.7 Å². The van der Waals surface area contributed by atoms with Crippen LogP contribution < -0.4 is 0 Å². The van der Waals surface area contributed by atoms with Gasteiger partial charge in [-0.1, -0.05) is 61.2 Å². The highest BCUT2D eigenvalue weighted by molar-refractivity contribution is 6.05. The Morgan fingerprint density at radius 1 is 0.963 bits per heavy atom. The second-order valence-corrected chi connectivity index (χ2v) is 7.24. The summed E-state index contributed by atoms with van der Waals surface area (Å²) in [4.78, 5) is 17.7. The first-order valence-electron chi connectivity index (χ1n) is 9.65. The third-order valence-electron chi connectivity index (χ3n) is 4.80. The average Bonchev–Trinajstić information content (AvgIpc) is 2.65. The lowest BCUT2D eigenvalue weighted by atomic mass is 9.99. The molecule has 0 unspecified atom stereocenters. The summed E-state index contributed by atoms with van der Waals surface area (Å²) in [7, 11) is 0. The number of nitrogens with zero attached hydrogens (tertiary/aromatic N) is 1. The van der Waals surface area contributed by atoms with E-state index in [1.807, 2.05) is 38.1 Å². The molecule has 0 amide bonds. The number of carbonyl (C=O) groups excluding carboxylic acids is 1. The molecule has 0 bridgehead atoms. The highest BCUT2D eigenvalue weighted by Gasteiger charge is 2.17. The Labute approximate surface area is 161 Å². The average molecular weight is 361 g/mol. The van der Waals surface area contributed by atoms with Crippen LogP contribution in [0.2, 0.25) is 0 Å². The van der Waals surface area contributed by atoms with Crippen molar-refractivity contribution in [1.29, 1.82) is 0 Å². The van der Waals surface area contributed by atoms with Crippen molar-refractivity contribution in [3.63, 3.8) is 0 Å². The van der Waals surface area contributed by atoms with E-state index in [1.165, 1.54) is 5.56 Å². The quantitative estimate of drug-likeness (QED) is 0.389. The maximum absolute atomic E-state index is 12.8. The molecule has 0 aliphatic heterocycles. The van der Waals surface area contributed by atoms with Crippen LogP contribution in [0.25, 0.3) is 22.2 Å². The summed E-state index contributed by atoms with van der Waals surface area (Å²) >= 11 is 0. The van der Waals surface area contributed by atoms with Gasteiger partial charge in [-0.25, -0.2) is 9.78 Å². The fraction of sp³-hybridized carbons (Fsp3) is 0.333. The van der Waals surface area contributed by atoms with Gasteiger partial charge < -0.3 is 4.74 Å². The molecule has 3 nitrogen and oxygen atoms in total. The van der Waals surface area contributed by atoms with Crippen LogP contribution in [0.5, 0.6) is 0 Å². The maximum atomic E-state index is 12.8. The van der Waals surface area contributed by atoms with Crippen LogP contribution in [0.4, 0.5) is 0 Å². The van der Waals surface area contributed by atoms with Crippen LogP contribution in [0.15, 0.2) is 42.5 Å². The molecule has 140 valence electrons. The number of hydrogen-bond donors (Lipinski definition) is 0. The van der Waals surface area contributed by atoms with Gasteiger partial charge in [-0.2, -0.15) is 0 Å². The normalized spacial score (nSPS) is 11.0. The summed E-state index contributed by atoms with van der Waals surface area (Å²) in [5.74, 6) is -0.267. The predicted octanol–water partition coefficient (Wildman–Crippen LogP) is 6.17. The van der Waals surface area contributed by atoms with Crippen LogP contribution in [0, 0.1) is 20.8 Å². The van der Waals surface area contributed by atoms with Crippen molar-refractivity contribution < 1.29 is 9.53 Å². The first-order chi connectivity index (χ1) is 13.0. The SMILES string of the molecule is CCCCCOC(=O)c1cc(-c2ccc(C)cc2)nc2c(C)cc(C)cc12. The second kappa shape index (κ2) is 8.34. The summed E-state index contributed by atoms with van der Waals surface area (Å²) < 4.78 is 5.56. The Hall–Kier alpha value is -2.68. The highest BCUT2D eigenvalue weighted by Crippen LogP contribution is 2.28. The number of benzene rings is 2. The first kappa shape index (κ1) is 19.1. The van der Waals surface area contributed by atoms with E-state index in [1.54, 1.807) is 0 Å². The van der Waals surface area contributed by atoms with Gasteiger partial charge in [-0.3, -0.25) is 0 Å². The van der Waals surface area contributed by atoms with Crippen molar-refractivity contribution in [2.75, 3.05) is 6.61 Å². The van der Waals surface area contributed by atoms with Crippen molar-refractivity contribution in [2.45, 2.75) is 47.0 Å². The molecule has 1 aromatic heterocycles. The molecule has 0 fully saturated rings. The minimum atomic E-state index is -0.267. The number of aromatic nitrogens is 1. The zero-order valence-electron chi connectivity index (χ0n) is 16.6. The minimum absolute atomic E-state index is 0.267. The van der Waals surface area contributed by atoms with Gasteiger partial charge in [0.2, 0.25) is 0 Å². The molecule has 0 saturated carbocycles. The molecule has 2 aromatic carbocycles. The van der Waals surface area contributed by atoms with Crippen molar-refractivity contribution in [1.82, 2.24) is 4.98 Å². The summed E-state index contributed by atoms with van der Waals surface area (Å²) in [6.07, 6.45) is 3.07. The molecule has 3 heteroatoms. The molecule has 27 heavy (non-hydrogen) atoms. The summed E-state index contributed by atoms with van der Waals surface area (Å²) in [6.45, 7) is 8.73. The standard InChI is InChI=1S/C24H27NO2/c1-5-6-7-12-27-24(26)21-15-22(19-10-8-16(2)9-11-19)25-23-18(4)13-17(3)14-20(21)23/h8-11,13-15H,5-7,12H2,1-4H3. The number of rotatable bonds is 6. The molecule has 0 radical (unpaired) electrons. The number of esters is 1. The Kier molecular flexibility index (Phi) is 5.90. The van der Waals surface area contributed by atoms with E-state index in [-0.39, 0.29) is 5.97 Å². The van der Waals surface area contributed by atoms with Gasteiger partial charge in [0.1, 0.15) is 0 Å². The summed E-state index contributed by atoms with van der Waals surface area (Å²) in [6, 6.07) is 14.2. The summed E-state index contributed by atoms with van der Waals surface area (Å²) in [5.41, 5.74) is 6.64. The molecule has 3 rings (SSSR count). The maximum Gasteiger partial charge on any atom is 0.338 e. The third kappa shape index (κ3) is 4.36. The summed E-state index contributed by atoms with van der Waals surface area (Å²) in [5, 5.41) is 0.865. The molecule has 0 spiro atoms. The van der Waals surface area contributed by atoms with Crippen LogP contribution in [-0.4, -0.2) is 17.6 Å². The molecular formula is C24H27NO2. The van der Waals surface area contributed by atoms with Gasteiger partial charge in [-0.05, 0) is 44.9 Å². The van der Waals surface area contributed by atoms with E-state index < -0.39 is 0 Å². The van der Waals surface area contributed by atoms with Crippen LogP contribution in [0.1, 0.15) is 53.2 Å². The predicted molar refractivity (Wildman–Crippen MR) is 111 cm³/mol. The van der Waals surface area contributed by atoms with Gasteiger partial charge in [0.05, 0.1) is 23.4 Å². The smallest absolute Gasteiger partial charge is 0.338 e. The molecule has 3 aromatic rings. The number of ether oxygens (including phenoxy) is 1. The number of hydrogen-bond acceptors (Lipinski definition) is 3. The zero-order chi connectivity index (χ0) is 19.4. The Bertz CT molecular complexity index is 958. The minimum Gasteiger partial charge on any atom is -0.462 e. The number of unbranched alkanes of at least 4 members (excludes halogenated alkanes) is 2. The second-order valence-electron chi connectivity index (χ2n) is 7.24. The molecular weight excluding hydrogens is 334 g/mol. The largest absolute Gasteiger partial charge is 0.462 e. The topological polar surface area (TPSA) is 39.2 Å². The monoisotopic (exact) mass is 361 g/mol. The molecule has 0 aliphatic carbocycles. The number of carbonyl (C=O) groups is 1.